The van der Waals surface area contributed by atoms with E-state index in [9.17, 15) is 4.79 Å². The number of Topliss-reactive ketones (excluding diaryl/α,β-unsaturated/α-hetero) is 1. The van der Waals surface area contributed by atoms with Crippen molar-refractivity contribution in [2.24, 2.45) is 0 Å². The summed E-state index contributed by atoms with van der Waals surface area (Å²) in [6, 6.07) is 9.85. The van der Waals surface area contributed by atoms with Crippen molar-refractivity contribution in [1.82, 2.24) is 0 Å². The summed E-state index contributed by atoms with van der Waals surface area (Å²) in [5, 5.41) is 0.0276. The van der Waals surface area contributed by atoms with Crippen molar-refractivity contribution in [2.75, 3.05) is 6.61 Å². The summed E-state index contributed by atoms with van der Waals surface area (Å²) < 4.78 is 30.0. The van der Waals surface area contributed by atoms with Crippen LogP contribution in [-0.4, -0.2) is 51.1 Å². The van der Waals surface area contributed by atoms with E-state index in [4.69, 9.17) is 23.4 Å². The third-order valence-corrected chi connectivity index (χ3v) is 10.5. The van der Waals surface area contributed by atoms with E-state index in [1.807, 2.05) is 44.2 Å². The first-order valence-corrected chi connectivity index (χ1v) is 13.1. The third kappa shape index (κ3) is 5.15. The lowest BCUT2D eigenvalue weighted by atomic mass is 10.1. The van der Waals surface area contributed by atoms with E-state index >= 15 is 0 Å². The molecule has 1 aromatic carbocycles. The molecule has 4 atom stereocenters. The van der Waals surface area contributed by atoms with Gasteiger partial charge in [0.25, 0.3) is 0 Å². The predicted octanol–water partition coefficient (Wildman–Crippen LogP) is 4.04. The van der Waals surface area contributed by atoms with Crippen LogP contribution >= 0.6 is 0 Å². The minimum Gasteiger partial charge on any atom is -0.409 e. The van der Waals surface area contributed by atoms with Gasteiger partial charge in [0, 0.05) is 0 Å². The Bertz CT molecular complexity index is 712. The number of ketones is 1. The highest BCUT2D eigenvalue weighted by Crippen LogP contribution is 2.40. The molecule has 3 rings (SSSR count). The number of hydrogen-bond donors (Lipinski definition) is 0. The molecule has 2 aliphatic rings. The SMILES string of the molecule is CC1(C)O[C@H]2O[C@H](C(=O)CO[Si](C)(C)C(C)(C)C)[C@H](OCc3ccccc3)[C@H]2O1. The van der Waals surface area contributed by atoms with Crippen molar-refractivity contribution in [3.8, 4) is 0 Å². The number of hydrogen-bond acceptors (Lipinski definition) is 6. The quantitative estimate of drug-likeness (QED) is 0.618. The summed E-state index contributed by atoms with van der Waals surface area (Å²) in [6.45, 7) is 14.7. The van der Waals surface area contributed by atoms with Gasteiger partial charge in [-0.1, -0.05) is 51.1 Å². The lowest BCUT2D eigenvalue weighted by Crippen LogP contribution is -2.46. The molecule has 0 bridgehead atoms. The Morgan fingerprint density at radius 2 is 1.79 bits per heavy atom. The third-order valence-electron chi connectivity index (χ3n) is 5.98. The van der Waals surface area contributed by atoms with Gasteiger partial charge in [-0.25, -0.2) is 0 Å². The molecule has 162 valence electrons. The number of carbonyl (C=O) groups is 1. The molecule has 29 heavy (non-hydrogen) atoms. The first-order valence-electron chi connectivity index (χ1n) is 10.2. The molecule has 0 saturated carbocycles. The average Bonchev–Trinajstić information content (AvgIpc) is 3.09. The van der Waals surface area contributed by atoms with Crippen molar-refractivity contribution < 1.29 is 28.2 Å². The van der Waals surface area contributed by atoms with Gasteiger partial charge in [0.2, 0.25) is 0 Å². The van der Waals surface area contributed by atoms with Crippen LogP contribution in [0.3, 0.4) is 0 Å². The molecule has 7 heteroatoms. The summed E-state index contributed by atoms with van der Waals surface area (Å²) in [5.74, 6) is -0.901. The Balaban J connectivity index is 1.69. The van der Waals surface area contributed by atoms with E-state index < -0.39 is 38.7 Å². The smallest absolute Gasteiger partial charge is 0.192 e. The molecule has 1 aromatic rings. The van der Waals surface area contributed by atoms with Crippen LogP contribution in [0.4, 0.5) is 0 Å². The molecule has 0 aliphatic carbocycles. The maximum absolute atomic E-state index is 13.0. The Morgan fingerprint density at radius 3 is 2.41 bits per heavy atom. The van der Waals surface area contributed by atoms with Gasteiger partial charge in [-0.3, -0.25) is 4.79 Å². The Labute approximate surface area is 174 Å². The largest absolute Gasteiger partial charge is 0.409 e. The van der Waals surface area contributed by atoms with Gasteiger partial charge in [0.1, 0.15) is 12.2 Å². The monoisotopic (exact) mass is 422 g/mol. The zero-order chi connectivity index (χ0) is 21.4. The highest BCUT2D eigenvalue weighted by atomic mass is 28.4. The summed E-state index contributed by atoms with van der Waals surface area (Å²) in [5.41, 5.74) is 1.03. The molecule has 6 nitrogen and oxygen atoms in total. The summed E-state index contributed by atoms with van der Waals surface area (Å²) >= 11 is 0. The van der Waals surface area contributed by atoms with Crippen LogP contribution in [0, 0.1) is 0 Å². The number of ether oxygens (including phenoxy) is 4. The van der Waals surface area contributed by atoms with Crippen LogP contribution in [-0.2, 0) is 34.8 Å². The molecular weight excluding hydrogens is 388 g/mol. The normalized spacial score (nSPS) is 29.1. The highest BCUT2D eigenvalue weighted by Gasteiger charge is 2.57. The lowest BCUT2D eigenvalue weighted by molar-refractivity contribution is -0.218. The van der Waals surface area contributed by atoms with Gasteiger partial charge < -0.3 is 23.4 Å². The maximum atomic E-state index is 13.0. The Hall–Kier alpha value is -1.09. The van der Waals surface area contributed by atoms with E-state index in [0.29, 0.717) is 6.61 Å². The summed E-state index contributed by atoms with van der Waals surface area (Å²) in [6.07, 6.45) is -2.38. The van der Waals surface area contributed by atoms with Crippen molar-refractivity contribution in [1.29, 1.82) is 0 Å². The van der Waals surface area contributed by atoms with Crippen molar-refractivity contribution in [3.05, 3.63) is 35.9 Å². The van der Waals surface area contributed by atoms with Crippen LogP contribution < -0.4 is 0 Å². The number of rotatable bonds is 7. The molecule has 0 amide bonds. The predicted molar refractivity (Wildman–Crippen MR) is 112 cm³/mol. The lowest BCUT2D eigenvalue weighted by Gasteiger charge is -2.36. The number of fused-ring (bicyclic) bond motifs is 1. The summed E-state index contributed by atoms with van der Waals surface area (Å²) in [4.78, 5) is 13.0. The van der Waals surface area contributed by atoms with Gasteiger partial charge in [-0.15, -0.1) is 0 Å². The van der Waals surface area contributed by atoms with Gasteiger partial charge >= 0.3 is 0 Å². The van der Waals surface area contributed by atoms with E-state index in [0.717, 1.165) is 5.56 Å². The fourth-order valence-corrected chi connectivity index (χ4v) is 4.17. The van der Waals surface area contributed by atoms with E-state index in [-0.39, 0.29) is 17.4 Å². The van der Waals surface area contributed by atoms with Crippen LogP contribution in [0.25, 0.3) is 0 Å². The first kappa shape index (κ1) is 22.6. The van der Waals surface area contributed by atoms with Crippen LogP contribution in [0.15, 0.2) is 30.3 Å². The van der Waals surface area contributed by atoms with E-state index in [2.05, 4.69) is 33.9 Å². The van der Waals surface area contributed by atoms with Crippen molar-refractivity contribution >= 4 is 14.1 Å². The highest BCUT2D eigenvalue weighted by molar-refractivity contribution is 6.74. The standard InChI is InChI=1S/C22H34O6Si/c1-21(2,3)29(6,7)25-14-16(23)17-18(24-13-15-11-9-8-10-12-15)19-20(26-17)28-22(4,5)27-19/h8-12,17-20H,13-14H2,1-7H3/t17-,18+,19-,20-/m1/s1. The molecule has 2 saturated heterocycles. The second-order valence-electron chi connectivity index (χ2n) is 9.80. The topological polar surface area (TPSA) is 63.2 Å². The molecule has 0 aromatic heterocycles. The molecule has 0 unspecified atom stereocenters. The van der Waals surface area contributed by atoms with E-state index in [1.165, 1.54) is 0 Å². The second kappa shape index (κ2) is 8.21. The minimum atomic E-state index is -2.04. The Kier molecular flexibility index (Phi) is 6.39. The zero-order valence-corrected chi connectivity index (χ0v) is 19.6. The molecule has 0 N–H and O–H groups in total. The minimum absolute atomic E-state index is 0.00912. The van der Waals surface area contributed by atoms with Gasteiger partial charge in [-0.05, 0) is 37.5 Å². The van der Waals surface area contributed by atoms with Crippen molar-refractivity contribution in [3.63, 3.8) is 0 Å². The average molecular weight is 423 g/mol. The summed E-state index contributed by atoms with van der Waals surface area (Å²) in [7, 11) is -2.04. The molecule has 2 aliphatic heterocycles. The molecule has 0 spiro atoms. The van der Waals surface area contributed by atoms with Gasteiger partial charge in [0.15, 0.2) is 32.3 Å². The maximum Gasteiger partial charge on any atom is 0.192 e. The molecule has 2 heterocycles. The van der Waals surface area contributed by atoms with Crippen LogP contribution in [0.2, 0.25) is 18.1 Å². The van der Waals surface area contributed by atoms with E-state index in [1.54, 1.807) is 0 Å². The molecule has 0 radical (unpaired) electrons. The zero-order valence-electron chi connectivity index (χ0n) is 18.6. The van der Waals surface area contributed by atoms with Crippen LogP contribution in [0.5, 0.6) is 0 Å². The Morgan fingerprint density at radius 1 is 1.14 bits per heavy atom. The fourth-order valence-electron chi connectivity index (χ4n) is 3.24. The van der Waals surface area contributed by atoms with Crippen LogP contribution in [0.1, 0.15) is 40.2 Å². The molecule has 2 fully saturated rings. The number of carbonyl (C=O) groups excluding carboxylic acids is 1. The van der Waals surface area contributed by atoms with Gasteiger partial charge in [0.05, 0.1) is 13.2 Å². The first-order chi connectivity index (χ1) is 13.4. The van der Waals surface area contributed by atoms with Crippen molar-refractivity contribution in [2.45, 2.75) is 89.7 Å². The molecular formula is C22H34O6Si. The fraction of sp³-hybridized carbons (Fsp3) is 0.682. The van der Waals surface area contributed by atoms with Gasteiger partial charge in [-0.2, -0.15) is 0 Å². The second-order valence-corrected chi connectivity index (χ2v) is 14.6. The number of benzene rings is 1.